The van der Waals surface area contributed by atoms with Crippen LogP contribution in [0.1, 0.15) is 10.4 Å². The van der Waals surface area contributed by atoms with E-state index in [1.807, 2.05) is 70.4 Å². The average molecular weight is 588 g/mol. The third-order valence-corrected chi connectivity index (χ3v) is 7.84. The molecule has 42 heavy (non-hydrogen) atoms. The van der Waals surface area contributed by atoms with Gasteiger partial charge in [-0.3, -0.25) is 4.79 Å². The summed E-state index contributed by atoms with van der Waals surface area (Å²) in [5.74, 6) is 1.46. The molecule has 12 nitrogen and oxygen atoms in total. The number of aromatic nitrogens is 3. The molecule has 4 aromatic rings. The Hall–Kier alpha value is -4.17. The molecule has 2 aliphatic rings. The number of fused-ring (bicyclic) bond motifs is 1. The van der Waals surface area contributed by atoms with Crippen molar-refractivity contribution in [1.82, 2.24) is 28.1 Å². The van der Waals surface area contributed by atoms with E-state index in [0.29, 0.717) is 49.2 Å². The Balaban J connectivity index is 1.07. The molecule has 0 radical (unpaired) electrons. The van der Waals surface area contributed by atoms with Gasteiger partial charge in [0, 0.05) is 67.0 Å². The molecule has 2 aliphatic heterocycles. The predicted octanol–water partition coefficient (Wildman–Crippen LogP) is 3.72. The number of nitrogens with one attached hydrogen (secondary N) is 2. The van der Waals surface area contributed by atoms with E-state index in [9.17, 15) is 9.59 Å². The van der Waals surface area contributed by atoms with Crippen LogP contribution in [-0.2, 0) is 4.74 Å². The highest BCUT2D eigenvalue weighted by atomic mass is 32.2. The standard InChI is InChI=1S/C29H33N9O3S/c1-34(2)42-37-15-14-36(20-37)28(39)22-7-11-24(12-8-22)31-29(40)30-23-9-5-21(6-10-23)26-32-27(35-16-18-41-19-17-35)25-4-3-13-38(25)33-26/h3-13H,14-20H2,1-2H3,(H2,30,31,40). The van der Waals surface area contributed by atoms with Crippen LogP contribution in [0.5, 0.6) is 0 Å². The van der Waals surface area contributed by atoms with Crippen LogP contribution in [0.4, 0.5) is 22.0 Å². The molecule has 2 aromatic carbocycles. The average Bonchev–Trinajstić information content (AvgIpc) is 3.67. The first-order valence-electron chi connectivity index (χ1n) is 13.8. The molecule has 0 aliphatic carbocycles. The Morgan fingerprint density at radius 2 is 1.60 bits per heavy atom. The molecular weight excluding hydrogens is 554 g/mol. The summed E-state index contributed by atoms with van der Waals surface area (Å²) in [7, 11) is 3.96. The van der Waals surface area contributed by atoms with Crippen LogP contribution >= 0.6 is 12.1 Å². The number of hydrogen-bond acceptors (Lipinski definition) is 9. The molecule has 0 unspecified atom stereocenters. The summed E-state index contributed by atoms with van der Waals surface area (Å²) in [5.41, 5.74) is 3.61. The zero-order valence-corrected chi connectivity index (χ0v) is 24.4. The number of hydrogen-bond donors (Lipinski definition) is 2. The van der Waals surface area contributed by atoms with Crippen molar-refractivity contribution in [2.75, 3.05) is 75.7 Å². The predicted molar refractivity (Wildman–Crippen MR) is 164 cm³/mol. The number of anilines is 3. The van der Waals surface area contributed by atoms with E-state index in [0.717, 1.165) is 36.5 Å². The van der Waals surface area contributed by atoms with Crippen molar-refractivity contribution in [2.45, 2.75) is 0 Å². The first-order valence-corrected chi connectivity index (χ1v) is 14.5. The molecule has 13 heteroatoms. The molecule has 2 fully saturated rings. The van der Waals surface area contributed by atoms with Crippen molar-refractivity contribution >= 4 is 46.8 Å². The van der Waals surface area contributed by atoms with Crippen LogP contribution in [0.2, 0.25) is 0 Å². The first kappa shape index (κ1) is 28.0. The molecule has 4 heterocycles. The number of rotatable bonds is 7. The Bertz CT molecular complexity index is 1550. The van der Waals surface area contributed by atoms with Crippen LogP contribution in [-0.4, -0.2) is 100 Å². The molecule has 218 valence electrons. The van der Waals surface area contributed by atoms with Gasteiger partial charge in [0.2, 0.25) is 0 Å². The van der Waals surface area contributed by atoms with E-state index < -0.39 is 0 Å². The Morgan fingerprint density at radius 1 is 0.905 bits per heavy atom. The molecule has 6 rings (SSSR count). The highest BCUT2D eigenvalue weighted by Gasteiger charge is 2.26. The van der Waals surface area contributed by atoms with Gasteiger partial charge in [-0.05, 0) is 74.8 Å². The monoisotopic (exact) mass is 587 g/mol. The highest BCUT2D eigenvalue weighted by molar-refractivity contribution is 7.94. The summed E-state index contributed by atoms with van der Waals surface area (Å²) in [6.07, 6.45) is 1.92. The molecule has 0 saturated carbocycles. The number of morpholine rings is 1. The van der Waals surface area contributed by atoms with Gasteiger partial charge < -0.3 is 25.2 Å². The van der Waals surface area contributed by atoms with Gasteiger partial charge in [-0.25, -0.2) is 22.9 Å². The zero-order valence-electron chi connectivity index (χ0n) is 23.6. The third-order valence-electron chi connectivity index (χ3n) is 6.99. The largest absolute Gasteiger partial charge is 0.378 e. The lowest BCUT2D eigenvalue weighted by molar-refractivity contribution is 0.0782. The SMILES string of the molecule is CN(C)SN1CCN(C(=O)c2ccc(NC(=O)Nc3ccc(-c4nc(N5CCOCC5)c5cccn5n4)cc3)cc2)C1. The fourth-order valence-electron chi connectivity index (χ4n) is 4.95. The lowest BCUT2D eigenvalue weighted by Gasteiger charge is -2.28. The molecule has 2 saturated heterocycles. The summed E-state index contributed by atoms with van der Waals surface area (Å²) >= 11 is 1.60. The second-order valence-corrected chi connectivity index (χ2v) is 11.6. The summed E-state index contributed by atoms with van der Waals surface area (Å²) < 4.78 is 11.5. The number of amides is 3. The van der Waals surface area contributed by atoms with E-state index in [4.69, 9.17) is 9.72 Å². The van der Waals surface area contributed by atoms with Crippen LogP contribution < -0.4 is 15.5 Å². The Kier molecular flexibility index (Phi) is 8.24. The molecule has 0 atom stereocenters. The van der Waals surface area contributed by atoms with Crippen molar-refractivity contribution in [3.05, 3.63) is 72.4 Å². The molecular formula is C29H33N9O3S. The van der Waals surface area contributed by atoms with Gasteiger partial charge in [0.25, 0.3) is 5.91 Å². The second-order valence-electron chi connectivity index (χ2n) is 10.2. The maximum Gasteiger partial charge on any atom is 0.323 e. The summed E-state index contributed by atoms with van der Waals surface area (Å²) in [6, 6.07) is 18.0. The van der Waals surface area contributed by atoms with Gasteiger partial charge in [-0.1, -0.05) is 0 Å². The van der Waals surface area contributed by atoms with E-state index in [1.165, 1.54) is 0 Å². The Morgan fingerprint density at radius 3 is 2.29 bits per heavy atom. The van der Waals surface area contributed by atoms with Crippen LogP contribution in [0, 0.1) is 0 Å². The topological polar surface area (TPSA) is 111 Å². The molecule has 0 spiro atoms. The van der Waals surface area contributed by atoms with Crippen molar-refractivity contribution in [3.8, 4) is 11.4 Å². The molecule has 2 N–H and O–H groups in total. The van der Waals surface area contributed by atoms with Crippen molar-refractivity contribution in [3.63, 3.8) is 0 Å². The van der Waals surface area contributed by atoms with Gasteiger partial charge in [0.15, 0.2) is 11.6 Å². The summed E-state index contributed by atoms with van der Waals surface area (Å²) in [5, 5.41) is 10.4. The van der Waals surface area contributed by atoms with Crippen molar-refractivity contribution in [1.29, 1.82) is 0 Å². The normalized spacial score (nSPS) is 15.9. The number of urea groups is 1. The lowest BCUT2D eigenvalue weighted by atomic mass is 10.2. The van der Waals surface area contributed by atoms with Crippen LogP contribution in [0.25, 0.3) is 16.9 Å². The van der Waals surface area contributed by atoms with Gasteiger partial charge >= 0.3 is 6.03 Å². The minimum absolute atomic E-state index is 0.0232. The molecule has 3 amide bonds. The van der Waals surface area contributed by atoms with Crippen LogP contribution in [0.3, 0.4) is 0 Å². The number of benzene rings is 2. The van der Waals surface area contributed by atoms with Gasteiger partial charge in [-0.15, -0.1) is 5.10 Å². The van der Waals surface area contributed by atoms with E-state index >= 15 is 0 Å². The fourth-order valence-corrected chi connectivity index (χ4v) is 5.77. The number of carbonyl (C=O) groups excluding carboxylic acids is 2. The fraction of sp³-hybridized carbons (Fsp3) is 0.310. The summed E-state index contributed by atoms with van der Waals surface area (Å²) in [6.45, 7) is 4.98. The quantitative estimate of drug-likeness (QED) is 0.313. The number of nitrogens with zero attached hydrogens (tertiary/aromatic N) is 7. The van der Waals surface area contributed by atoms with Crippen molar-refractivity contribution in [2.24, 2.45) is 0 Å². The minimum Gasteiger partial charge on any atom is -0.378 e. The molecule has 0 bridgehead atoms. The smallest absolute Gasteiger partial charge is 0.323 e. The minimum atomic E-state index is -0.377. The van der Waals surface area contributed by atoms with Crippen molar-refractivity contribution < 1.29 is 14.3 Å². The lowest BCUT2D eigenvalue weighted by Crippen LogP contribution is -2.37. The first-order chi connectivity index (χ1) is 20.4. The maximum atomic E-state index is 12.9. The van der Waals surface area contributed by atoms with Gasteiger partial charge in [0.1, 0.15) is 5.52 Å². The third kappa shape index (κ3) is 6.34. The van der Waals surface area contributed by atoms with Crippen LogP contribution in [0.15, 0.2) is 66.9 Å². The van der Waals surface area contributed by atoms with Gasteiger partial charge in [0.05, 0.1) is 19.9 Å². The van der Waals surface area contributed by atoms with E-state index in [2.05, 4.69) is 24.9 Å². The molecule has 2 aromatic heterocycles. The number of carbonyl (C=O) groups is 2. The van der Waals surface area contributed by atoms with E-state index in [1.54, 1.807) is 36.4 Å². The second kappa shape index (κ2) is 12.4. The van der Waals surface area contributed by atoms with E-state index in [-0.39, 0.29) is 11.9 Å². The maximum absolute atomic E-state index is 12.9. The Labute approximate surface area is 248 Å². The highest BCUT2D eigenvalue weighted by Crippen LogP contribution is 2.26. The number of ether oxygens (including phenoxy) is 1. The van der Waals surface area contributed by atoms with Gasteiger partial charge in [-0.2, -0.15) is 0 Å². The summed E-state index contributed by atoms with van der Waals surface area (Å²) in [4.78, 5) is 34.5. The zero-order chi connectivity index (χ0) is 29.1.